The number of para-hydroxylation sites is 1. The lowest BCUT2D eigenvalue weighted by Crippen LogP contribution is -2.05. The molecule has 0 unspecified atom stereocenters. The molecular weight excluding hydrogens is 388 g/mol. The summed E-state index contributed by atoms with van der Waals surface area (Å²) in [5.74, 6) is 0. The molecule has 2 heterocycles. The monoisotopic (exact) mass is 400 g/mol. The van der Waals surface area contributed by atoms with Crippen molar-refractivity contribution in [3.8, 4) is 22.3 Å². The van der Waals surface area contributed by atoms with Crippen LogP contribution >= 0.6 is 11.6 Å². The summed E-state index contributed by atoms with van der Waals surface area (Å²) >= 11 is 6.08. The van der Waals surface area contributed by atoms with Crippen molar-refractivity contribution < 1.29 is 8.83 Å². The molecule has 0 aliphatic carbocycles. The molecule has 0 N–H and O–H groups in total. The van der Waals surface area contributed by atoms with Gasteiger partial charge in [-0.15, -0.1) is 0 Å². The summed E-state index contributed by atoms with van der Waals surface area (Å²) in [6, 6.07) is 23.2. The Balaban J connectivity index is 1.84. The molecule has 0 atom stereocenters. The number of hydrogen-bond acceptors (Lipinski definition) is 4. The highest BCUT2D eigenvalue weighted by Crippen LogP contribution is 2.33. The van der Waals surface area contributed by atoms with Gasteiger partial charge in [-0.05, 0) is 35.4 Å². The van der Waals surface area contributed by atoms with E-state index >= 15 is 0 Å². The summed E-state index contributed by atoms with van der Waals surface area (Å²) in [7, 11) is 0. The van der Waals surface area contributed by atoms with Gasteiger partial charge in [-0.25, -0.2) is 9.59 Å². The zero-order chi connectivity index (χ0) is 20.0. The van der Waals surface area contributed by atoms with Gasteiger partial charge in [0.1, 0.15) is 11.2 Å². The van der Waals surface area contributed by atoms with Gasteiger partial charge in [0.25, 0.3) is 0 Å². The summed E-state index contributed by atoms with van der Waals surface area (Å²) in [4.78, 5) is 25.0. The molecule has 3 aromatic carbocycles. The highest BCUT2D eigenvalue weighted by atomic mass is 35.5. The van der Waals surface area contributed by atoms with Crippen LogP contribution in [0.25, 0.3) is 44.2 Å². The van der Waals surface area contributed by atoms with Crippen molar-refractivity contribution in [3.63, 3.8) is 0 Å². The van der Waals surface area contributed by atoms with E-state index in [1.165, 1.54) is 6.07 Å². The van der Waals surface area contributed by atoms with Crippen molar-refractivity contribution in [3.05, 3.63) is 105 Å². The van der Waals surface area contributed by atoms with Crippen molar-refractivity contribution in [1.29, 1.82) is 0 Å². The smallest absolute Gasteiger partial charge is 0.344 e. The Bertz CT molecular complexity index is 1500. The van der Waals surface area contributed by atoms with E-state index in [9.17, 15) is 9.59 Å². The molecule has 0 bridgehead atoms. The fourth-order valence-electron chi connectivity index (χ4n) is 3.54. The average molecular weight is 401 g/mol. The molecular formula is C24H13ClO4. The third-order valence-corrected chi connectivity index (χ3v) is 5.07. The predicted octanol–water partition coefficient (Wildman–Crippen LogP) is 5.89. The zero-order valence-corrected chi connectivity index (χ0v) is 15.8. The molecule has 29 heavy (non-hydrogen) atoms. The molecule has 0 saturated heterocycles. The molecule has 5 aromatic rings. The lowest BCUT2D eigenvalue weighted by atomic mass is 9.97. The predicted molar refractivity (Wildman–Crippen MR) is 114 cm³/mol. The fourth-order valence-corrected chi connectivity index (χ4v) is 3.72. The van der Waals surface area contributed by atoms with Gasteiger partial charge in [0, 0.05) is 27.4 Å². The Morgan fingerprint density at radius 2 is 1.52 bits per heavy atom. The fraction of sp³-hybridized carbons (Fsp3) is 0. The maximum atomic E-state index is 12.7. The van der Waals surface area contributed by atoms with E-state index in [1.54, 1.807) is 30.3 Å². The molecule has 5 heteroatoms. The maximum Gasteiger partial charge on any atom is 0.344 e. The second-order valence-corrected chi connectivity index (χ2v) is 7.09. The molecule has 0 saturated carbocycles. The van der Waals surface area contributed by atoms with Crippen molar-refractivity contribution in [2.24, 2.45) is 0 Å². The minimum atomic E-state index is -0.514. The van der Waals surface area contributed by atoms with Crippen LogP contribution < -0.4 is 11.3 Å². The van der Waals surface area contributed by atoms with Crippen molar-refractivity contribution in [2.75, 3.05) is 0 Å². The number of hydrogen-bond donors (Lipinski definition) is 0. The van der Waals surface area contributed by atoms with E-state index < -0.39 is 11.3 Å². The molecule has 0 radical (unpaired) electrons. The first kappa shape index (κ1) is 17.5. The number of fused-ring (bicyclic) bond motifs is 2. The van der Waals surface area contributed by atoms with E-state index in [4.69, 9.17) is 20.4 Å². The van der Waals surface area contributed by atoms with Crippen molar-refractivity contribution in [2.45, 2.75) is 0 Å². The summed E-state index contributed by atoms with van der Waals surface area (Å²) in [6.45, 7) is 0. The summed E-state index contributed by atoms with van der Waals surface area (Å²) in [6.07, 6.45) is 0. The minimum Gasteiger partial charge on any atom is -0.422 e. The summed E-state index contributed by atoms with van der Waals surface area (Å²) in [5, 5.41) is 1.96. The van der Waals surface area contributed by atoms with Crippen LogP contribution in [-0.4, -0.2) is 0 Å². The Morgan fingerprint density at radius 1 is 0.690 bits per heavy atom. The first-order chi connectivity index (χ1) is 14.1. The SMILES string of the molecule is O=c1cc(-c2ccccc2)c2cccc(-c3cc4cc(Cl)ccc4oc3=O)c2o1. The normalized spacial score (nSPS) is 11.2. The summed E-state index contributed by atoms with van der Waals surface area (Å²) in [5.41, 5.74) is 2.21. The van der Waals surface area contributed by atoms with E-state index in [0.29, 0.717) is 32.7 Å². The Kier molecular flexibility index (Phi) is 4.07. The Morgan fingerprint density at radius 3 is 2.34 bits per heavy atom. The Hall–Kier alpha value is -3.63. The largest absolute Gasteiger partial charge is 0.422 e. The van der Waals surface area contributed by atoms with Crippen LogP contribution in [0.1, 0.15) is 0 Å². The minimum absolute atomic E-state index is 0.304. The summed E-state index contributed by atoms with van der Waals surface area (Å²) < 4.78 is 11.0. The third kappa shape index (κ3) is 3.04. The standard InChI is InChI=1S/C24H13ClO4/c25-16-9-10-21-15(11-16)12-20(24(27)28-21)18-8-4-7-17-19(13-22(26)29-23(17)18)14-5-2-1-3-6-14/h1-13H. The van der Waals surface area contributed by atoms with Crippen LogP contribution in [0.3, 0.4) is 0 Å². The number of benzene rings is 3. The quantitative estimate of drug-likeness (QED) is 0.347. The first-order valence-corrected chi connectivity index (χ1v) is 9.34. The molecule has 2 aromatic heterocycles. The highest BCUT2D eigenvalue weighted by molar-refractivity contribution is 6.31. The van der Waals surface area contributed by atoms with E-state index in [-0.39, 0.29) is 0 Å². The second kappa shape index (κ2) is 6.76. The molecule has 0 aliphatic heterocycles. The number of rotatable bonds is 2. The van der Waals surface area contributed by atoms with Crippen LogP contribution in [0.2, 0.25) is 5.02 Å². The van der Waals surface area contributed by atoms with Gasteiger partial charge < -0.3 is 8.83 Å². The van der Waals surface area contributed by atoms with Gasteiger partial charge in [-0.3, -0.25) is 0 Å². The average Bonchev–Trinajstić information content (AvgIpc) is 2.73. The lowest BCUT2D eigenvalue weighted by Gasteiger charge is -2.09. The van der Waals surface area contributed by atoms with Crippen LogP contribution in [0, 0.1) is 0 Å². The Labute approximate surface area is 169 Å². The topological polar surface area (TPSA) is 60.4 Å². The molecule has 4 nitrogen and oxygen atoms in total. The highest BCUT2D eigenvalue weighted by Gasteiger charge is 2.16. The molecule has 140 valence electrons. The molecule has 5 rings (SSSR count). The lowest BCUT2D eigenvalue weighted by molar-refractivity contribution is 0.556. The molecule has 0 spiro atoms. The molecule has 0 aliphatic rings. The first-order valence-electron chi connectivity index (χ1n) is 8.96. The van der Waals surface area contributed by atoms with Crippen LogP contribution in [-0.2, 0) is 0 Å². The van der Waals surface area contributed by atoms with Gasteiger partial charge in [0.05, 0.1) is 5.56 Å². The van der Waals surface area contributed by atoms with Gasteiger partial charge in [-0.2, -0.15) is 0 Å². The van der Waals surface area contributed by atoms with Crippen LogP contribution in [0.5, 0.6) is 0 Å². The van der Waals surface area contributed by atoms with Gasteiger partial charge >= 0.3 is 11.3 Å². The number of halogens is 1. The van der Waals surface area contributed by atoms with Crippen molar-refractivity contribution >= 4 is 33.5 Å². The van der Waals surface area contributed by atoms with Gasteiger partial charge in [0.15, 0.2) is 0 Å². The van der Waals surface area contributed by atoms with E-state index in [2.05, 4.69) is 0 Å². The van der Waals surface area contributed by atoms with Gasteiger partial charge in [0.2, 0.25) is 0 Å². The van der Waals surface area contributed by atoms with Gasteiger partial charge in [-0.1, -0.05) is 60.1 Å². The van der Waals surface area contributed by atoms with Crippen molar-refractivity contribution in [1.82, 2.24) is 0 Å². The van der Waals surface area contributed by atoms with E-state index in [1.807, 2.05) is 42.5 Å². The van der Waals surface area contributed by atoms with Crippen LogP contribution in [0.4, 0.5) is 0 Å². The third-order valence-electron chi connectivity index (χ3n) is 4.84. The zero-order valence-electron chi connectivity index (χ0n) is 15.0. The molecule has 0 amide bonds. The van der Waals surface area contributed by atoms with Crippen LogP contribution in [0.15, 0.2) is 97.3 Å². The second-order valence-electron chi connectivity index (χ2n) is 6.66. The van der Waals surface area contributed by atoms with E-state index in [0.717, 1.165) is 16.5 Å². The maximum absolute atomic E-state index is 12.7. The molecule has 0 fully saturated rings.